The van der Waals surface area contributed by atoms with Crippen LogP contribution in [0, 0.1) is 0 Å². The molecule has 2 heterocycles. The molecule has 2 aromatic carbocycles. The van der Waals surface area contributed by atoms with Crippen molar-refractivity contribution in [2.24, 2.45) is 0 Å². The Hall–Kier alpha value is -2.17. The first-order valence-corrected chi connectivity index (χ1v) is 9.87. The number of ether oxygens (including phenoxy) is 1. The van der Waals surface area contributed by atoms with Gasteiger partial charge in [0.25, 0.3) is 0 Å². The Morgan fingerprint density at radius 1 is 0.926 bits per heavy atom. The van der Waals surface area contributed by atoms with Crippen LogP contribution < -0.4 is 0 Å². The molecule has 2 aliphatic rings. The highest BCUT2D eigenvalue weighted by molar-refractivity contribution is 5.82. The van der Waals surface area contributed by atoms with Crippen molar-refractivity contribution in [3.63, 3.8) is 0 Å². The SMILES string of the molecule is CC1CN(C(=O)C(C)N2Cc3ccccc3-c3ccccc3C2)CC(C)O1. The molecule has 0 saturated carbocycles. The van der Waals surface area contributed by atoms with E-state index in [-0.39, 0.29) is 24.2 Å². The minimum absolute atomic E-state index is 0.0930. The Labute approximate surface area is 161 Å². The molecule has 0 radical (unpaired) electrons. The van der Waals surface area contributed by atoms with Gasteiger partial charge >= 0.3 is 0 Å². The largest absolute Gasteiger partial charge is 0.372 e. The fourth-order valence-electron chi connectivity index (χ4n) is 4.39. The predicted molar refractivity (Wildman–Crippen MR) is 107 cm³/mol. The van der Waals surface area contributed by atoms with Gasteiger partial charge in [-0.2, -0.15) is 0 Å². The van der Waals surface area contributed by atoms with E-state index in [0.29, 0.717) is 13.1 Å². The summed E-state index contributed by atoms with van der Waals surface area (Å²) < 4.78 is 5.80. The van der Waals surface area contributed by atoms with E-state index in [9.17, 15) is 4.79 Å². The zero-order chi connectivity index (χ0) is 19.0. The van der Waals surface area contributed by atoms with Gasteiger partial charge < -0.3 is 9.64 Å². The fraction of sp³-hybridized carbons (Fsp3) is 0.435. The molecule has 2 aromatic rings. The molecule has 3 unspecified atom stereocenters. The maximum absolute atomic E-state index is 13.3. The van der Waals surface area contributed by atoms with Crippen molar-refractivity contribution >= 4 is 5.91 Å². The Kier molecular flexibility index (Phi) is 5.02. The molecule has 1 fully saturated rings. The lowest BCUT2D eigenvalue weighted by Gasteiger charge is -2.38. The summed E-state index contributed by atoms with van der Waals surface area (Å²) in [5.74, 6) is 0.203. The molecule has 27 heavy (non-hydrogen) atoms. The minimum Gasteiger partial charge on any atom is -0.372 e. The highest BCUT2D eigenvalue weighted by Crippen LogP contribution is 2.33. The number of rotatable bonds is 2. The molecule has 0 aromatic heterocycles. The second-order valence-corrected chi connectivity index (χ2v) is 7.90. The second kappa shape index (κ2) is 7.45. The molecule has 1 saturated heterocycles. The van der Waals surface area contributed by atoms with Crippen molar-refractivity contribution in [1.29, 1.82) is 0 Å². The predicted octanol–water partition coefficient (Wildman–Crippen LogP) is 3.69. The average Bonchev–Trinajstić information content (AvgIpc) is 2.83. The van der Waals surface area contributed by atoms with Crippen molar-refractivity contribution < 1.29 is 9.53 Å². The van der Waals surface area contributed by atoms with Crippen molar-refractivity contribution in [2.45, 2.75) is 52.1 Å². The van der Waals surface area contributed by atoms with E-state index in [4.69, 9.17) is 4.74 Å². The van der Waals surface area contributed by atoms with Gasteiger partial charge in [-0.25, -0.2) is 0 Å². The summed E-state index contributed by atoms with van der Waals surface area (Å²) in [7, 11) is 0. The number of benzene rings is 2. The van der Waals surface area contributed by atoms with Crippen molar-refractivity contribution in [1.82, 2.24) is 9.80 Å². The molecule has 2 aliphatic heterocycles. The molecule has 0 aliphatic carbocycles. The number of amides is 1. The number of hydrogen-bond acceptors (Lipinski definition) is 3. The van der Waals surface area contributed by atoms with E-state index in [1.165, 1.54) is 22.3 Å². The summed E-state index contributed by atoms with van der Waals surface area (Å²) >= 11 is 0. The standard InChI is InChI=1S/C23H28N2O2/c1-16-12-25(13-17(2)27-16)23(26)18(3)24-14-19-8-4-6-10-21(19)22-11-7-5-9-20(22)15-24/h4-11,16-18H,12-15H2,1-3H3. The highest BCUT2D eigenvalue weighted by atomic mass is 16.5. The van der Waals surface area contributed by atoms with Gasteiger partial charge in [0.1, 0.15) is 0 Å². The monoisotopic (exact) mass is 364 g/mol. The van der Waals surface area contributed by atoms with Crippen LogP contribution in [-0.4, -0.2) is 47.0 Å². The van der Waals surface area contributed by atoms with Crippen LogP contribution in [0.5, 0.6) is 0 Å². The quantitative estimate of drug-likeness (QED) is 0.815. The lowest BCUT2D eigenvalue weighted by Crippen LogP contribution is -2.54. The van der Waals surface area contributed by atoms with Gasteiger partial charge in [0.05, 0.1) is 18.2 Å². The van der Waals surface area contributed by atoms with Crippen LogP contribution in [0.4, 0.5) is 0 Å². The summed E-state index contributed by atoms with van der Waals surface area (Å²) in [4.78, 5) is 17.5. The number of carbonyl (C=O) groups excluding carboxylic acids is 1. The lowest BCUT2D eigenvalue weighted by molar-refractivity contribution is -0.148. The molecule has 4 rings (SSSR count). The number of hydrogen-bond donors (Lipinski definition) is 0. The van der Waals surface area contributed by atoms with E-state index in [1.54, 1.807) is 0 Å². The van der Waals surface area contributed by atoms with Crippen LogP contribution >= 0.6 is 0 Å². The van der Waals surface area contributed by atoms with Gasteiger partial charge in [0.2, 0.25) is 5.91 Å². The molecule has 0 spiro atoms. The van der Waals surface area contributed by atoms with Crippen molar-refractivity contribution in [3.8, 4) is 11.1 Å². The summed E-state index contributed by atoms with van der Waals surface area (Å²) in [6, 6.07) is 16.9. The van der Waals surface area contributed by atoms with Crippen LogP contribution in [0.1, 0.15) is 31.9 Å². The van der Waals surface area contributed by atoms with Gasteiger partial charge in [0, 0.05) is 26.2 Å². The molecule has 4 nitrogen and oxygen atoms in total. The zero-order valence-corrected chi connectivity index (χ0v) is 16.4. The first kappa shape index (κ1) is 18.2. The number of morpholine rings is 1. The highest BCUT2D eigenvalue weighted by Gasteiger charge is 2.32. The lowest BCUT2D eigenvalue weighted by atomic mass is 9.97. The minimum atomic E-state index is -0.165. The Morgan fingerprint density at radius 2 is 1.41 bits per heavy atom. The van der Waals surface area contributed by atoms with Gasteiger partial charge in [0.15, 0.2) is 0 Å². The van der Waals surface area contributed by atoms with Crippen LogP contribution in [-0.2, 0) is 22.6 Å². The van der Waals surface area contributed by atoms with Gasteiger partial charge in [-0.1, -0.05) is 48.5 Å². The molecular formula is C23H28N2O2. The van der Waals surface area contributed by atoms with Crippen LogP contribution in [0.3, 0.4) is 0 Å². The molecule has 0 bridgehead atoms. The Bertz CT molecular complexity index is 777. The van der Waals surface area contributed by atoms with E-state index < -0.39 is 0 Å². The fourth-order valence-corrected chi connectivity index (χ4v) is 4.39. The molecule has 4 heteroatoms. The average molecular weight is 364 g/mol. The molecule has 1 amide bonds. The smallest absolute Gasteiger partial charge is 0.239 e. The van der Waals surface area contributed by atoms with Crippen molar-refractivity contribution in [3.05, 3.63) is 59.7 Å². The van der Waals surface area contributed by atoms with E-state index in [2.05, 4.69) is 53.4 Å². The molecule has 0 N–H and O–H groups in total. The number of nitrogens with zero attached hydrogens (tertiary/aromatic N) is 2. The van der Waals surface area contributed by atoms with E-state index in [0.717, 1.165) is 13.1 Å². The van der Waals surface area contributed by atoms with Gasteiger partial charge in [-0.3, -0.25) is 9.69 Å². The summed E-state index contributed by atoms with van der Waals surface area (Å²) in [5, 5.41) is 0. The van der Waals surface area contributed by atoms with Gasteiger partial charge in [-0.15, -0.1) is 0 Å². The maximum Gasteiger partial charge on any atom is 0.239 e. The third-order valence-electron chi connectivity index (χ3n) is 5.71. The maximum atomic E-state index is 13.3. The van der Waals surface area contributed by atoms with E-state index >= 15 is 0 Å². The number of carbonyl (C=O) groups is 1. The third kappa shape index (κ3) is 3.64. The molecular weight excluding hydrogens is 336 g/mol. The second-order valence-electron chi connectivity index (χ2n) is 7.90. The summed E-state index contributed by atoms with van der Waals surface area (Å²) in [6.07, 6.45) is 0.186. The van der Waals surface area contributed by atoms with Crippen LogP contribution in [0.15, 0.2) is 48.5 Å². The Morgan fingerprint density at radius 3 is 1.93 bits per heavy atom. The van der Waals surface area contributed by atoms with Crippen LogP contribution in [0.25, 0.3) is 11.1 Å². The molecule has 3 atom stereocenters. The third-order valence-corrected chi connectivity index (χ3v) is 5.71. The summed E-state index contributed by atoms with van der Waals surface area (Å²) in [6.45, 7) is 9.05. The number of fused-ring (bicyclic) bond motifs is 3. The van der Waals surface area contributed by atoms with Crippen LogP contribution in [0.2, 0.25) is 0 Å². The Balaban J connectivity index is 1.62. The van der Waals surface area contributed by atoms with Gasteiger partial charge in [-0.05, 0) is 43.0 Å². The first-order valence-electron chi connectivity index (χ1n) is 9.87. The molecule has 142 valence electrons. The van der Waals surface area contributed by atoms with E-state index in [1.807, 2.05) is 25.7 Å². The summed E-state index contributed by atoms with van der Waals surface area (Å²) in [5.41, 5.74) is 5.13. The topological polar surface area (TPSA) is 32.8 Å². The first-order chi connectivity index (χ1) is 13.0. The zero-order valence-electron chi connectivity index (χ0n) is 16.4. The normalized spacial score (nSPS) is 23.9. The van der Waals surface area contributed by atoms with Crippen molar-refractivity contribution in [2.75, 3.05) is 13.1 Å².